The van der Waals surface area contributed by atoms with Crippen LogP contribution in [0.2, 0.25) is 0 Å². The van der Waals surface area contributed by atoms with Gasteiger partial charge in [0.05, 0.1) is 12.8 Å². The average molecular weight is 261 g/mol. The van der Waals surface area contributed by atoms with E-state index in [-0.39, 0.29) is 18.5 Å². The molecule has 1 N–H and O–H groups in total. The third-order valence-corrected chi connectivity index (χ3v) is 4.69. The van der Waals surface area contributed by atoms with E-state index >= 15 is 0 Å². The Bertz CT molecular complexity index is 390. The number of nitrogens with zero attached hydrogens (tertiary/aromatic N) is 2. The molecule has 2 aliphatic heterocycles. The van der Waals surface area contributed by atoms with Crippen LogP contribution in [0.3, 0.4) is 0 Å². The van der Waals surface area contributed by atoms with Gasteiger partial charge in [-0.05, 0) is 25.9 Å². The minimum atomic E-state index is -3.24. The zero-order valence-corrected chi connectivity index (χ0v) is 10.9. The minimum Gasteiger partial charge on any atom is -0.337 e. The van der Waals surface area contributed by atoms with Crippen LogP contribution in [0.1, 0.15) is 12.8 Å². The number of carbonyl (C=O) groups is 1. The average Bonchev–Trinajstić information content (AvgIpc) is 2.29. The van der Waals surface area contributed by atoms with Crippen LogP contribution >= 0.6 is 0 Å². The molecule has 0 saturated carbocycles. The lowest BCUT2D eigenvalue weighted by atomic mass is 10.0. The van der Waals surface area contributed by atoms with Gasteiger partial charge in [-0.2, -0.15) is 4.31 Å². The molecule has 98 valence electrons. The summed E-state index contributed by atoms with van der Waals surface area (Å²) < 4.78 is 24.0. The molecule has 0 atom stereocenters. The highest BCUT2D eigenvalue weighted by atomic mass is 32.2. The number of sulfonamides is 1. The van der Waals surface area contributed by atoms with Crippen LogP contribution in [-0.2, 0) is 14.8 Å². The molecule has 6 nitrogen and oxygen atoms in total. The van der Waals surface area contributed by atoms with Gasteiger partial charge in [0.2, 0.25) is 15.9 Å². The van der Waals surface area contributed by atoms with Gasteiger partial charge in [0.25, 0.3) is 0 Å². The van der Waals surface area contributed by atoms with Crippen LogP contribution < -0.4 is 5.32 Å². The van der Waals surface area contributed by atoms with Crippen molar-refractivity contribution in [1.29, 1.82) is 0 Å². The molecular formula is C10H19N3O3S. The zero-order valence-electron chi connectivity index (χ0n) is 10.1. The van der Waals surface area contributed by atoms with Crippen LogP contribution in [0.4, 0.5) is 0 Å². The van der Waals surface area contributed by atoms with E-state index in [4.69, 9.17) is 0 Å². The minimum absolute atomic E-state index is 0.00274. The van der Waals surface area contributed by atoms with E-state index in [0.717, 1.165) is 32.2 Å². The molecule has 7 heteroatoms. The second-order valence-electron chi connectivity index (χ2n) is 4.66. The Kier molecular flexibility index (Phi) is 3.70. The van der Waals surface area contributed by atoms with E-state index in [9.17, 15) is 13.2 Å². The number of carbonyl (C=O) groups excluding carboxylic acids is 1. The molecule has 1 amide bonds. The summed E-state index contributed by atoms with van der Waals surface area (Å²) in [6.45, 7) is 2.82. The van der Waals surface area contributed by atoms with E-state index < -0.39 is 10.0 Å². The van der Waals surface area contributed by atoms with E-state index in [1.54, 1.807) is 0 Å². The maximum Gasteiger partial charge on any atom is 0.238 e. The van der Waals surface area contributed by atoms with Crippen molar-refractivity contribution >= 4 is 15.9 Å². The molecule has 2 fully saturated rings. The normalized spacial score (nSPS) is 25.2. The van der Waals surface area contributed by atoms with Gasteiger partial charge < -0.3 is 10.2 Å². The Morgan fingerprint density at radius 1 is 1.24 bits per heavy atom. The van der Waals surface area contributed by atoms with Gasteiger partial charge in [-0.15, -0.1) is 0 Å². The maximum atomic E-state index is 12.0. The van der Waals surface area contributed by atoms with Crippen molar-refractivity contribution in [2.75, 3.05) is 39.0 Å². The van der Waals surface area contributed by atoms with Crippen molar-refractivity contribution in [3.05, 3.63) is 0 Å². The smallest absolute Gasteiger partial charge is 0.238 e. The summed E-state index contributed by atoms with van der Waals surface area (Å²) in [5, 5.41) is 3.26. The van der Waals surface area contributed by atoms with Gasteiger partial charge in [-0.3, -0.25) is 4.79 Å². The van der Waals surface area contributed by atoms with Crippen LogP contribution in [0.15, 0.2) is 0 Å². The van der Waals surface area contributed by atoms with E-state index in [1.165, 1.54) is 4.31 Å². The van der Waals surface area contributed by atoms with Gasteiger partial charge in [0, 0.05) is 19.1 Å². The molecule has 2 aliphatic rings. The number of nitrogens with one attached hydrogen (secondary N) is 1. The lowest BCUT2D eigenvalue weighted by molar-refractivity contribution is -0.137. The molecule has 2 heterocycles. The lowest BCUT2D eigenvalue weighted by Gasteiger charge is -2.39. The summed E-state index contributed by atoms with van der Waals surface area (Å²) in [5.74, 6) is -0.0615. The summed E-state index contributed by atoms with van der Waals surface area (Å²) in [5.41, 5.74) is 0. The Hall–Kier alpha value is -0.660. The van der Waals surface area contributed by atoms with Crippen molar-refractivity contribution in [3.63, 3.8) is 0 Å². The molecule has 0 bridgehead atoms. The second-order valence-corrected chi connectivity index (χ2v) is 6.65. The van der Waals surface area contributed by atoms with Crippen molar-refractivity contribution in [2.45, 2.75) is 18.9 Å². The summed E-state index contributed by atoms with van der Waals surface area (Å²) in [4.78, 5) is 13.8. The largest absolute Gasteiger partial charge is 0.337 e. The van der Waals surface area contributed by atoms with Gasteiger partial charge >= 0.3 is 0 Å². The fourth-order valence-electron chi connectivity index (χ4n) is 2.45. The van der Waals surface area contributed by atoms with Gasteiger partial charge in [0.15, 0.2) is 0 Å². The highest BCUT2D eigenvalue weighted by Gasteiger charge is 2.33. The van der Waals surface area contributed by atoms with E-state index in [2.05, 4.69) is 5.32 Å². The Balaban J connectivity index is 1.98. The molecule has 0 aromatic rings. The number of rotatable bonds is 2. The van der Waals surface area contributed by atoms with Gasteiger partial charge in [-0.1, -0.05) is 0 Å². The standard InChI is InChI=1S/C10H19N3O3S/c1-17(15,16)12-6-7-13(10(14)8-12)9-2-4-11-5-3-9/h9,11H,2-8H2,1H3. The molecule has 0 aliphatic carbocycles. The maximum absolute atomic E-state index is 12.0. The SMILES string of the molecule is CS(=O)(=O)N1CCN(C2CCNCC2)C(=O)C1. The summed E-state index contributed by atoms with van der Waals surface area (Å²) in [6.07, 6.45) is 3.08. The Morgan fingerprint density at radius 3 is 2.41 bits per heavy atom. The molecule has 2 saturated heterocycles. The topological polar surface area (TPSA) is 69.7 Å². The van der Waals surface area contributed by atoms with Crippen LogP contribution in [0.25, 0.3) is 0 Å². The second kappa shape index (κ2) is 4.91. The van der Waals surface area contributed by atoms with E-state index in [1.807, 2.05) is 4.90 Å². The molecule has 0 radical (unpaired) electrons. The lowest BCUT2D eigenvalue weighted by Crippen LogP contribution is -2.56. The number of piperazine rings is 1. The quantitative estimate of drug-likeness (QED) is 0.681. The third kappa shape index (κ3) is 2.97. The fourth-order valence-corrected chi connectivity index (χ4v) is 3.21. The van der Waals surface area contributed by atoms with Crippen LogP contribution in [0.5, 0.6) is 0 Å². The molecule has 2 rings (SSSR count). The van der Waals surface area contributed by atoms with Crippen molar-refractivity contribution < 1.29 is 13.2 Å². The first-order valence-electron chi connectivity index (χ1n) is 5.94. The van der Waals surface area contributed by atoms with Crippen molar-refractivity contribution in [3.8, 4) is 0 Å². The third-order valence-electron chi connectivity index (χ3n) is 3.44. The van der Waals surface area contributed by atoms with E-state index in [0.29, 0.717) is 13.1 Å². The molecule has 0 spiro atoms. The number of amides is 1. The van der Waals surface area contributed by atoms with Crippen LogP contribution in [-0.4, -0.2) is 68.6 Å². The summed E-state index contributed by atoms with van der Waals surface area (Å²) in [6, 6.07) is 0.283. The van der Waals surface area contributed by atoms with Crippen molar-refractivity contribution in [2.24, 2.45) is 0 Å². The monoisotopic (exact) mass is 261 g/mol. The first-order valence-corrected chi connectivity index (χ1v) is 7.78. The van der Waals surface area contributed by atoms with Crippen molar-refractivity contribution in [1.82, 2.24) is 14.5 Å². The Morgan fingerprint density at radius 2 is 1.88 bits per heavy atom. The zero-order chi connectivity index (χ0) is 12.5. The predicted octanol–water partition coefficient (Wildman–Crippen LogP) is -1.16. The Labute approximate surface area is 102 Å². The number of hydrogen-bond donors (Lipinski definition) is 1. The molecular weight excluding hydrogens is 242 g/mol. The number of piperidine rings is 1. The fraction of sp³-hybridized carbons (Fsp3) is 0.900. The first kappa shape index (κ1) is 12.8. The molecule has 0 aromatic heterocycles. The molecule has 0 aromatic carbocycles. The predicted molar refractivity (Wildman–Crippen MR) is 64.0 cm³/mol. The summed E-state index contributed by atoms with van der Waals surface area (Å²) in [7, 11) is -3.24. The molecule has 0 unspecified atom stereocenters. The summed E-state index contributed by atoms with van der Waals surface area (Å²) >= 11 is 0. The molecule has 17 heavy (non-hydrogen) atoms. The number of hydrogen-bond acceptors (Lipinski definition) is 4. The van der Waals surface area contributed by atoms with Gasteiger partial charge in [-0.25, -0.2) is 8.42 Å². The highest BCUT2D eigenvalue weighted by Crippen LogP contribution is 2.16. The first-order chi connectivity index (χ1) is 7.98. The van der Waals surface area contributed by atoms with Gasteiger partial charge in [0.1, 0.15) is 0 Å². The van der Waals surface area contributed by atoms with Crippen LogP contribution in [0, 0.1) is 0 Å². The highest BCUT2D eigenvalue weighted by molar-refractivity contribution is 7.88.